The third-order valence-electron chi connectivity index (χ3n) is 7.63. The topological polar surface area (TPSA) is 131 Å². The lowest BCUT2D eigenvalue weighted by molar-refractivity contribution is -0.141. The van der Waals surface area contributed by atoms with Crippen molar-refractivity contribution in [2.45, 2.75) is 62.4 Å². The van der Waals surface area contributed by atoms with Crippen molar-refractivity contribution in [3.8, 4) is 6.07 Å². The molecule has 0 radical (unpaired) electrons. The molecule has 2 bridgehead atoms. The lowest BCUT2D eigenvalue weighted by Crippen LogP contribution is -2.57. The lowest BCUT2D eigenvalue weighted by atomic mass is 10.0. The fraction of sp³-hybridized carbons (Fsp3) is 0.565. The van der Waals surface area contributed by atoms with Crippen LogP contribution in [0.1, 0.15) is 48.1 Å². The highest BCUT2D eigenvalue weighted by molar-refractivity contribution is 5.88. The van der Waals surface area contributed by atoms with E-state index < -0.39 is 12.0 Å². The Hall–Kier alpha value is -2.96. The van der Waals surface area contributed by atoms with Crippen LogP contribution in [0.3, 0.4) is 0 Å². The fourth-order valence-electron chi connectivity index (χ4n) is 5.87. The Bertz CT molecular complexity index is 1000. The summed E-state index contributed by atoms with van der Waals surface area (Å²) in [6.07, 6.45) is 2.41. The van der Waals surface area contributed by atoms with Crippen LogP contribution in [0.4, 0.5) is 0 Å². The number of carboxylic acids is 1. The molecule has 1 aromatic rings. The standard InChI is InChI=1S/C23H27N5O4/c1-12(13-2-4-14(5-3-13)23(31)32)27-17-8-20(22(27)30)26(10-17)11-18(25)21(29)28-16(9-24)6-15-7-19(15)28/h2-5,12,15-20H,6-8,10-11,25H2,1H3,(H,31,32)/t12-,15-,16+,17?,18+,19+,20-/m1/s1. The van der Waals surface area contributed by atoms with E-state index in [9.17, 15) is 19.6 Å². The number of aromatic carboxylic acids is 1. The summed E-state index contributed by atoms with van der Waals surface area (Å²) in [4.78, 5) is 42.7. The number of benzene rings is 1. The van der Waals surface area contributed by atoms with Gasteiger partial charge in [-0.3, -0.25) is 14.5 Å². The van der Waals surface area contributed by atoms with Gasteiger partial charge < -0.3 is 20.6 Å². The van der Waals surface area contributed by atoms with Gasteiger partial charge in [0.05, 0.1) is 29.8 Å². The molecule has 1 saturated carbocycles. The van der Waals surface area contributed by atoms with E-state index in [4.69, 9.17) is 10.8 Å². The third kappa shape index (κ3) is 3.26. The predicted molar refractivity (Wildman–Crippen MR) is 113 cm³/mol. The molecular formula is C23H27N5O4. The van der Waals surface area contributed by atoms with Gasteiger partial charge in [-0.1, -0.05) is 12.1 Å². The van der Waals surface area contributed by atoms with Gasteiger partial charge in [-0.05, 0) is 49.8 Å². The van der Waals surface area contributed by atoms with Crippen molar-refractivity contribution in [2.24, 2.45) is 11.7 Å². The molecule has 1 aromatic carbocycles. The zero-order chi connectivity index (χ0) is 22.7. The van der Waals surface area contributed by atoms with E-state index in [0.29, 0.717) is 25.4 Å². The molecule has 7 atom stereocenters. The molecule has 0 aromatic heterocycles. The normalized spacial score (nSPS) is 32.5. The largest absolute Gasteiger partial charge is 0.478 e. The van der Waals surface area contributed by atoms with Gasteiger partial charge >= 0.3 is 5.97 Å². The second-order valence-electron chi connectivity index (χ2n) is 9.50. The molecule has 9 heteroatoms. The molecule has 5 rings (SSSR count). The van der Waals surface area contributed by atoms with Gasteiger partial charge in [0.25, 0.3) is 0 Å². The first-order valence-corrected chi connectivity index (χ1v) is 11.2. The number of carbonyl (C=O) groups excluding carboxylic acids is 2. The van der Waals surface area contributed by atoms with Crippen molar-refractivity contribution in [3.05, 3.63) is 35.4 Å². The number of amides is 2. The molecule has 0 spiro atoms. The lowest BCUT2D eigenvalue weighted by Gasteiger charge is -2.38. The Morgan fingerprint density at radius 1 is 1.25 bits per heavy atom. The second-order valence-corrected chi connectivity index (χ2v) is 9.50. The van der Waals surface area contributed by atoms with Crippen molar-refractivity contribution in [1.82, 2.24) is 14.7 Å². The minimum Gasteiger partial charge on any atom is -0.478 e. The van der Waals surface area contributed by atoms with Crippen molar-refractivity contribution in [2.75, 3.05) is 13.1 Å². The van der Waals surface area contributed by atoms with E-state index in [0.717, 1.165) is 18.4 Å². The summed E-state index contributed by atoms with van der Waals surface area (Å²) in [7, 11) is 0. The summed E-state index contributed by atoms with van der Waals surface area (Å²) < 4.78 is 0. The number of hydrogen-bond donors (Lipinski definition) is 2. The Morgan fingerprint density at radius 3 is 2.59 bits per heavy atom. The maximum absolute atomic E-state index is 13.1. The minimum atomic E-state index is -0.978. The molecular weight excluding hydrogens is 410 g/mol. The molecule has 3 aliphatic heterocycles. The van der Waals surface area contributed by atoms with Crippen molar-refractivity contribution < 1.29 is 19.5 Å². The minimum absolute atomic E-state index is 0.0223. The number of nitrogens with zero attached hydrogens (tertiary/aromatic N) is 4. The molecule has 3 heterocycles. The number of piperazine rings is 1. The molecule has 9 nitrogen and oxygen atoms in total. The molecule has 4 aliphatic rings. The number of carboxylic acid groups (broad SMARTS) is 1. The van der Waals surface area contributed by atoms with Crippen molar-refractivity contribution >= 4 is 17.8 Å². The van der Waals surface area contributed by atoms with Gasteiger partial charge in [-0.25, -0.2) is 4.79 Å². The summed E-state index contributed by atoms with van der Waals surface area (Å²) >= 11 is 0. The van der Waals surface area contributed by atoms with Crippen LogP contribution in [0, 0.1) is 17.2 Å². The van der Waals surface area contributed by atoms with E-state index in [1.165, 1.54) is 0 Å². The maximum atomic E-state index is 13.1. The number of hydrogen-bond acceptors (Lipinski definition) is 6. The molecule has 2 amide bonds. The number of nitriles is 1. The number of nitrogens with two attached hydrogens (primary N) is 1. The van der Waals surface area contributed by atoms with E-state index >= 15 is 0 Å². The zero-order valence-corrected chi connectivity index (χ0v) is 17.9. The van der Waals surface area contributed by atoms with Crippen molar-refractivity contribution in [1.29, 1.82) is 5.26 Å². The van der Waals surface area contributed by atoms with E-state index in [2.05, 4.69) is 6.07 Å². The first-order valence-electron chi connectivity index (χ1n) is 11.2. The Labute approximate surface area is 186 Å². The smallest absolute Gasteiger partial charge is 0.335 e. The van der Waals surface area contributed by atoms with E-state index in [1.807, 2.05) is 16.7 Å². The van der Waals surface area contributed by atoms with Gasteiger partial charge in [0.15, 0.2) is 0 Å². The Morgan fingerprint density at radius 2 is 1.97 bits per heavy atom. The molecule has 4 fully saturated rings. The quantitative estimate of drug-likeness (QED) is 0.665. The Balaban J connectivity index is 1.22. The summed E-state index contributed by atoms with van der Waals surface area (Å²) in [6, 6.07) is 7.48. The zero-order valence-electron chi connectivity index (χ0n) is 17.9. The third-order valence-corrected chi connectivity index (χ3v) is 7.63. The van der Waals surface area contributed by atoms with E-state index in [1.54, 1.807) is 29.2 Å². The number of likely N-dealkylation sites (tertiary alicyclic amines) is 3. The van der Waals surface area contributed by atoms with Crippen LogP contribution < -0.4 is 5.73 Å². The number of carbonyl (C=O) groups is 3. The summed E-state index contributed by atoms with van der Waals surface area (Å²) in [6.45, 7) is 2.92. The van der Waals surface area contributed by atoms with Crippen LogP contribution in [0.25, 0.3) is 0 Å². The highest BCUT2D eigenvalue weighted by Gasteiger charge is 2.56. The van der Waals surface area contributed by atoms with Crippen LogP contribution >= 0.6 is 0 Å². The van der Waals surface area contributed by atoms with Crippen LogP contribution in [-0.4, -0.2) is 80.9 Å². The second kappa shape index (κ2) is 7.57. The van der Waals surface area contributed by atoms with E-state index in [-0.39, 0.29) is 47.6 Å². The van der Waals surface area contributed by atoms with Gasteiger partial charge in [0.1, 0.15) is 6.04 Å². The van der Waals surface area contributed by atoms with Gasteiger partial charge in [0, 0.05) is 25.2 Å². The molecule has 1 unspecified atom stereocenters. The SMILES string of the molecule is C[C@H](c1ccc(C(=O)O)cc1)N1C(=O)[C@H]2CC1CN2C[C@H](N)C(=O)N1[C@H](C#N)C[C@@H]2C[C@@H]21. The first-order chi connectivity index (χ1) is 15.3. The predicted octanol–water partition coefficient (Wildman–Crippen LogP) is 0.571. The fourth-order valence-corrected chi connectivity index (χ4v) is 5.87. The first kappa shape index (κ1) is 20.9. The molecule has 168 valence electrons. The average Bonchev–Trinajstić information content (AvgIpc) is 3.11. The molecule has 32 heavy (non-hydrogen) atoms. The molecule has 1 aliphatic carbocycles. The highest BCUT2D eigenvalue weighted by Crippen LogP contribution is 2.48. The highest BCUT2D eigenvalue weighted by atomic mass is 16.4. The molecule has 3 saturated heterocycles. The van der Waals surface area contributed by atoms with Crippen LogP contribution in [0.2, 0.25) is 0 Å². The van der Waals surface area contributed by atoms with Gasteiger partial charge in [0.2, 0.25) is 11.8 Å². The van der Waals surface area contributed by atoms with Crippen LogP contribution in [0.5, 0.6) is 0 Å². The van der Waals surface area contributed by atoms with Gasteiger partial charge in [-0.2, -0.15) is 5.26 Å². The number of fused-ring (bicyclic) bond motifs is 3. The van der Waals surface area contributed by atoms with Gasteiger partial charge in [-0.15, -0.1) is 0 Å². The maximum Gasteiger partial charge on any atom is 0.335 e. The number of rotatable bonds is 6. The van der Waals surface area contributed by atoms with Crippen LogP contribution in [-0.2, 0) is 9.59 Å². The molecule has 3 N–H and O–H groups in total. The van der Waals surface area contributed by atoms with Crippen molar-refractivity contribution in [3.63, 3.8) is 0 Å². The van der Waals surface area contributed by atoms with Crippen LogP contribution in [0.15, 0.2) is 24.3 Å². The monoisotopic (exact) mass is 437 g/mol. The summed E-state index contributed by atoms with van der Waals surface area (Å²) in [5.41, 5.74) is 7.37. The number of piperidine rings is 1. The average molecular weight is 438 g/mol. The summed E-state index contributed by atoms with van der Waals surface area (Å²) in [5, 5.41) is 18.4. The summed E-state index contributed by atoms with van der Waals surface area (Å²) in [5.74, 6) is -0.691. The Kier molecular flexibility index (Phi) is 4.95.